The number of quaternary nitrogens is 1. The Morgan fingerprint density at radius 2 is 1.77 bits per heavy atom. The molecule has 0 atom stereocenters. The van der Waals surface area contributed by atoms with Crippen LogP contribution in [0.2, 0.25) is 5.02 Å². The lowest BCUT2D eigenvalue weighted by atomic mass is 10.1. The van der Waals surface area contributed by atoms with Gasteiger partial charge in [0.25, 0.3) is 0 Å². The molecule has 0 amide bonds. The Kier molecular flexibility index (Phi) is 6.23. The van der Waals surface area contributed by atoms with Gasteiger partial charge in [-0.1, -0.05) is 59.3 Å². The Bertz CT molecular complexity index is 904. The topological polar surface area (TPSA) is 53.4 Å². The first kappa shape index (κ1) is 18.4. The lowest BCUT2D eigenvalue weighted by Gasteiger charge is -2.09. The summed E-state index contributed by atoms with van der Waals surface area (Å²) in [5, 5.41) is 11.3. The zero-order chi connectivity index (χ0) is 18.4. The summed E-state index contributed by atoms with van der Waals surface area (Å²) in [5.41, 5.74) is 2.55. The van der Waals surface area contributed by atoms with Crippen molar-refractivity contribution >= 4 is 34.9 Å². The summed E-state index contributed by atoms with van der Waals surface area (Å²) in [4.78, 5) is 6.20. The van der Waals surface area contributed by atoms with E-state index in [-0.39, 0.29) is 0 Å². The number of hydrogen-bond donors (Lipinski definition) is 2. The van der Waals surface area contributed by atoms with Crippen molar-refractivity contribution < 1.29 is 5.32 Å². The zero-order valence-corrected chi connectivity index (χ0v) is 15.9. The van der Waals surface area contributed by atoms with Crippen molar-refractivity contribution in [2.24, 2.45) is 0 Å². The fourth-order valence-corrected chi connectivity index (χ4v) is 3.30. The van der Waals surface area contributed by atoms with E-state index >= 15 is 0 Å². The van der Waals surface area contributed by atoms with Gasteiger partial charge in [0.15, 0.2) is 0 Å². The van der Waals surface area contributed by atoms with E-state index in [0.29, 0.717) is 10.7 Å². The molecule has 0 fully saturated rings. The summed E-state index contributed by atoms with van der Waals surface area (Å²) in [5.74, 6) is 0.860. The second kappa shape index (κ2) is 8.81. The normalized spacial score (nSPS) is 11.4. The van der Waals surface area contributed by atoms with Gasteiger partial charge >= 0.3 is 0 Å². The van der Waals surface area contributed by atoms with Crippen LogP contribution in [0.15, 0.2) is 88.9 Å². The first-order chi connectivity index (χ1) is 12.6. The summed E-state index contributed by atoms with van der Waals surface area (Å²) < 4.78 is 0. The van der Waals surface area contributed by atoms with Crippen LogP contribution in [0.5, 0.6) is 0 Å². The Balaban J connectivity index is 1.88. The number of pyridine rings is 1. The Morgan fingerprint density at radius 1 is 1.04 bits per heavy atom. The maximum Gasteiger partial charge on any atom is 0.228 e. The molecule has 1 aromatic heterocycles. The van der Waals surface area contributed by atoms with E-state index in [1.807, 2.05) is 85.2 Å². The van der Waals surface area contributed by atoms with Crippen molar-refractivity contribution in [2.45, 2.75) is 11.8 Å². The zero-order valence-electron chi connectivity index (χ0n) is 14.3. The molecular weight excluding hydrogens is 362 g/mol. The molecule has 0 aliphatic carbocycles. The molecule has 0 saturated carbocycles. The molecule has 3 nitrogen and oxygen atoms in total. The van der Waals surface area contributed by atoms with Gasteiger partial charge in [-0.2, -0.15) is 0 Å². The molecule has 26 heavy (non-hydrogen) atoms. The number of thioether (sulfide) groups is 1. The van der Waals surface area contributed by atoms with Crippen LogP contribution in [0.4, 0.5) is 5.82 Å². The van der Waals surface area contributed by atoms with E-state index in [1.165, 1.54) is 5.56 Å². The summed E-state index contributed by atoms with van der Waals surface area (Å²) >= 11 is 7.52. The molecule has 3 aromatic rings. The molecule has 0 aliphatic heterocycles. The van der Waals surface area contributed by atoms with Crippen molar-refractivity contribution in [3.8, 4) is 0 Å². The summed E-state index contributed by atoms with van der Waals surface area (Å²) in [6, 6.07) is 21.4. The van der Waals surface area contributed by atoms with E-state index in [9.17, 15) is 0 Å². The van der Waals surface area contributed by atoms with Crippen molar-refractivity contribution in [2.75, 3.05) is 0 Å². The van der Waals surface area contributed by atoms with Gasteiger partial charge in [0.2, 0.25) is 5.82 Å². The van der Waals surface area contributed by atoms with Gasteiger partial charge in [0.05, 0.1) is 10.6 Å². The molecule has 0 bridgehead atoms. The Labute approximate surface area is 162 Å². The highest BCUT2D eigenvalue weighted by molar-refractivity contribution is 8.04. The number of nitrogens with zero attached hydrogens (tertiary/aromatic N) is 1. The number of rotatable bonds is 6. The highest BCUT2D eigenvalue weighted by Crippen LogP contribution is 2.29. The average Bonchev–Trinajstić information content (AvgIpc) is 2.67. The van der Waals surface area contributed by atoms with Gasteiger partial charge in [-0.25, -0.2) is 4.98 Å². The third-order valence-corrected chi connectivity index (χ3v) is 5.04. The smallest absolute Gasteiger partial charge is 0.228 e. The molecule has 1 heterocycles. The highest BCUT2D eigenvalue weighted by atomic mass is 35.5. The maximum atomic E-state index is 8.66. The van der Waals surface area contributed by atoms with Gasteiger partial charge in [-0.15, -0.1) is 0 Å². The number of benzene rings is 2. The fraction of sp³-hybridized carbons (Fsp3) is 0.0476. The van der Waals surface area contributed by atoms with Gasteiger partial charge in [0, 0.05) is 27.7 Å². The van der Waals surface area contributed by atoms with E-state index in [2.05, 4.69) is 4.98 Å². The van der Waals surface area contributed by atoms with Crippen molar-refractivity contribution in [3.05, 3.63) is 100 Å². The molecule has 3 N–H and O–H groups in total. The lowest BCUT2D eigenvalue weighted by molar-refractivity contribution is -0.500. The molecule has 0 unspecified atom stereocenters. The standard InChI is InChI=1S/C21H18ClN3S/c1-15-5-7-16(8-6-15)21(23)19(14-25-20-4-2-3-13-24-20)26-18-11-9-17(22)10-12-18/h2-14,23H,1H3,(H,24,25)/p+1. The molecule has 0 saturated heterocycles. The largest absolute Gasteiger partial charge is 0.299 e. The number of hydrogen-bond acceptors (Lipinski definition) is 3. The van der Waals surface area contributed by atoms with Gasteiger partial charge < -0.3 is 0 Å². The average molecular weight is 381 g/mol. The highest BCUT2D eigenvalue weighted by Gasteiger charge is 2.12. The van der Waals surface area contributed by atoms with Crippen LogP contribution in [-0.4, -0.2) is 10.7 Å². The first-order valence-corrected chi connectivity index (χ1v) is 9.37. The van der Waals surface area contributed by atoms with E-state index in [4.69, 9.17) is 17.0 Å². The summed E-state index contributed by atoms with van der Waals surface area (Å²) in [7, 11) is 0. The minimum Gasteiger partial charge on any atom is -0.299 e. The molecule has 2 aromatic carbocycles. The summed E-state index contributed by atoms with van der Waals surface area (Å²) in [6.07, 6.45) is 3.71. The lowest BCUT2D eigenvalue weighted by Crippen LogP contribution is -2.72. The molecule has 0 radical (unpaired) electrons. The second-order valence-corrected chi connectivity index (χ2v) is 7.30. The SMILES string of the molecule is Cc1ccc(C(=N)C(=C[NH2+]c2ccccn2)Sc2ccc(Cl)cc2)cc1. The van der Waals surface area contributed by atoms with E-state index in [0.717, 1.165) is 21.2 Å². The van der Waals surface area contributed by atoms with Crippen LogP contribution in [-0.2, 0) is 0 Å². The van der Waals surface area contributed by atoms with Crippen LogP contribution in [0.3, 0.4) is 0 Å². The van der Waals surface area contributed by atoms with Crippen LogP contribution >= 0.6 is 23.4 Å². The monoisotopic (exact) mass is 380 g/mol. The fourth-order valence-electron chi connectivity index (χ4n) is 2.30. The number of allylic oxidation sites excluding steroid dienone is 1. The quantitative estimate of drug-likeness (QED) is 0.470. The number of aryl methyl sites for hydroxylation is 1. The van der Waals surface area contributed by atoms with Gasteiger partial charge in [-0.05, 0) is 37.3 Å². The second-order valence-electron chi connectivity index (χ2n) is 5.75. The molecule has 3 rings (SSSR count). The Hall–Kier alpha value is -2.40. The maximum absolute atomic E-state index is 8.66. The Morgan fingerprint density at radius 3 is 2.42 bits per heavy atom. The third-order valence-electron chi connectivity index (χ3n) is 3.72. The van der Waals surface area contributed by atoms with Crippen LogP contribution in [0, 0.1) is 12.3 Å². The van der Waals surface area contributed by atoms with Crippen molar-refractivity contribution in [3.63, 3.8) is 0 Å². The molecular formula is C21H19ClN3S+. The van der Waals surface area contributed by atoms with Crippen molar-refractivity contribution in [1.29, 1.82) is 5.41 Å². The number of nitrogens with one attached hydrogen (secondary N) is 1. The van der Waals surface area contributed by atoms with Crippen LogP contribution in [0.25, 0.3) is 0 Å². The summed E-state index contributed by atoms with van der Waals surface area (Å²) in [6.45, 7) is 2.04. The van der Waals surface area contributed by atoms with Crippen molar-refractivity contribution in [1.82, 2.24) is 4.98 Å². The first-order valence-electron chi connectivity index (χ1n) is 8.17. The minimum absolute atomic E-state index is 0.483. The molecule has 0 spiro atoms. The van der Waals surface area contributed by atoms with E-state index in [1.54, 1.807) is 18.0 Å². The van der Waals surface area contributed by atoms with Crippen LogP contribution < -0.4 is 5.32 Å². The predicted octanol–water partition coefficient (Wildman–Crippen LogP) is 4.94. The number of nitrogens with two attached hydrogens (primary N) is 1. The molecule has 130 valence electrons. The molecule has 5 heteroatoms. The predicted molar refractivity (Wildman–Crippen MR) is 109 cm³/mol. The van der Waals surface area contributed by atoms with Gasteiger partial charge in [-0.3, -0.25) is 10.7 Å². The number of aromatic nitrogens is 1. The third kappa shape index (κ3) is 5.05. The minimum atomic E-state index is 0.483. The number of halogens is 1. The van der Waals surface area contributed by atoms with E-state index < -0.39 is 0 Å². The molecule has 0 aliphatic rings. The van der Waals surface area contributed by atoms with Gasteiger partial charge in [0.1, 0.15) is 6.20 Å². The van der Waals surface area contributed by atoms with Crippen LogP contribution in [0.1, 0.15) is 11.1 Å².